The van der Waals surface area contributed by atoms with Crippen molar-refractivity contribution in [2.45, 2.75) is 29.2 Å². The summed E-state index contributed by atoms with van der Waals surface area (Å²) in [6.45, 7) is 2.72. The van der Waals surface area contributed by atoms with Crippen LogP contribution >= 0.6 is 0 Å². The van der Waals surface area contributed by atoms with Crippen LogP contribution in [0.4, 0.5) is 0 Å². The van der Waals surface area contributed by atoms with E-state index in [1.165, 1.54) is 38.1 Å². The van der Waals surface area contributed by atoms with Gasteiger partial charge in [-0.25, -0.2) is 21.6 Å². The lowest BCUT2D eigenvalue weighted by atomic mass is 10.1. The minimum atomic E-state index is -3.80. The second-order valence-electron chi connectivity index (χ2n) is 4.89. The van der Waals surface area contributed by atoms with E-state index in [0.717, 1.165) is 6.26 Å². The molecule has 0 saturated carbocycles. The van der Waals surface area contributed by atoms with Crippen molar-refractivity contribution in [2.24, 2.45) is 0 Å². The zero-order valence-electron chi connectivity index (χ0n) is 10.9. The molecule has 2 N–H and O–H groups in total. The first kappa shape index (κ1) is 16.1. The first-order valence-corrected chi connectivity index (χ1v) is 8.80. The number of hydrogen-bond donors (Lipinski definition) is 2. The summed E-state index contributed by atoms with van der Waals surface area (Å²) in [6, 6.07) is 4.89. The Morgan fingerprint density at radius 2 is 1.47 bits per heavy atom. The molecule has 0 heterocycles. The Hall–Kier alpha value is -0.960. The summed E-state index contributed by atoms with van der Waals surface area (Å²) >= 11 is 0. The quantitative estimate of drug-likeness (QED) is 0.806. The Kier molecular flexibility index (Phi) is 4.40. The summed E-state index contributed by atoms with van der Waals surface area (Å²) < 4.78 is 48.9. The summed E-state index contributed by atoms with van der Waals surface area (Å²) in [7, 11) is -7.16. The number of hydrogen-bond acceptors (Lipinski definition) is 5. The summed E-state index contributed by atoms with van der Waals surface area (Å²) in [6.07, 6.45) is 1.05. The molecular weight excluding hydrogens is 290 g/mol. The largest absolute Gasteiger partial charge is 0.394 e. The molecule has 0 radical (unpaired) electrons. The zero-order chi connectivity index (χ0) is 14.9. The molecule has 0 saturated heterocycles. The highest BCUT2D eigenvalue weighted by Gasteiger charge is 2.25. The van der Waals surface area contributed by atoms with E-state index in [0.29, 0.717) is 0 Å². The second-order valence-corrected chi connectivity index (χ2v) is 8.59. The maximum Gasteiger partial charge on any atom is 0.241 e. The third-order valence-corrected chi connectivity index (χ3v) is 5.21. The van der Waals surface area contributed by atoms with E-state index in [1.807, 2.05) is 0 Å². The molecule has 0 aliphatic heterocycles. The monoisotopic (exact) mass is 307 g/mol. The van der Waals surface area contributed by atoms with Crippen LogP contribution in [0.2, 0.25) is 0 Å². The van der Waals surface area contributed by atoms with E-state index in [-0.39, 0.29) is 16.4 Å². The second kappa shape index (κ2) is 5.20. The van der Waals surface area contributed by atoms with Crippen LogP contribution in [-0.4, -0.2) is 40.3 Å². The first-order chi connectivity index (χ1) is 8.48. The predicted molar refractivity (Wildman–Crippen MR) is 71.0 cm³/mol. The van der Waals surface area contributed by atoms with Gasteiger partial charge < -0.3 is 5.11 Å². The van der Waals surface area contributed by atoms with E-state index in [9.17, 15) is 16.8 Å². The van der Waals surface area contributed by atoms with Crippen LogP contribution in [-0.2, 0) is 19.9 Å². The number of rotatable bonds is 5. The van der Waals surface area contributed by atoms with Gasteiger partial charge in [0.05, 0.1) is 21.9 Å². The van der Waals surface area contributed by atoms with Crippen LogP contribution in [0.15, 0.2) is 34.1 Å². The van der Waals surface area contributed by atoms with Crippen molar-refractivity contribution in [3.8, 4) is 0 Å². The maximum atomic E-state index is 12.0. The average Bonchev–Trinajstić information content (AvgIpc) is 2.27. The predicted octanol–water partition coefficient (Wildman–Crippen LogP) is 0.139. The fourth-order valence-corrected chi connectivity index (χ4v) is 3.36. The van der Waals surface area contributed by atoms with Gasteiger partial charge in [-0.1, -0.05) is 0 Å². The topological polar surface area (TPSA) is 101 Å². The molecule has 0 bridgehead atoms. The van der Waals surface area contributed by atoms with Crippen LogP contribution in [0.3, 0.4) is 0 Å². The van der Waals surface area contributed by atoms with E-state index >= 15 is 0 Å². The molecule has 6 nitrogen and oxygen atoms in total. The lowest BCUT2D eigenvalue weighted by Crippen LogP contribution is -2.46. The molecule has 1 aromatic rings. The summed E-state index contributed by atoms with van der Waals surface area (Å²) in [5, 5.41) is 9.05. The van der Waals surface area contributed by atoms with Gasteiger partial charge in [0.15, 0.2) is 9.84 Å². The molecule has 19 heavy (non-hydrogen) atoms. The van der Waals surface area contributed by atoms with Gasteiger partial charge in [0, 0.05) is 6.26 Å². The van der Waals surface area contributed by atoms with Crippen molar-refractivity contribution in [3.05, 3.63) is 24.3 Å². The van der Waals surface area contributed by atoms with Crippen molar-refractivity contribution >= 4 is 19.9 Å². The summed E-state index contributed by atoms with van der Waals surface area (Å²) in [4.78, 5) is -0.00528. The average molecular weight is 307 g/mol. The SMILES string of the molecule is CC(C)(CO)NS(=O)(=O)c1ccc(S(C)(=O)=O)cc1. The molecule has 1 rings (SSSR count). The van der Waals surface area contributed by atoms with Crippen LogP contribution in [0.25, 0.3) is 0 Å². The van der Waals surface area contributed by atoms with Crippen LogP contribution in [0.1, 0.15) is 13.8 Å². The molecular formula is C11H17NO5S2. The minimum absolute atomic E-state index is 0.0490. The van der Waals surface area contributed by atoms with Gasteiger partial charge in [-0.05, 0) is 38.1 Å². The van der Waals surface area contributed by atoms with Crippen molar-refractivity contribution in [1.29, 1.82) is 0 Å². The van der Waals surface area contributed by atoms with Crippen LogP contribution in [0, 0.1) is 0 Å². The lowest BCUT2D eigenvalue weighted by Gasteiger charge is -2.23. The Labute approximate surface area is 113 Å². The molecule has 0 unspecified atom stereocenters. The smallest absolute Gasteiger partial charge is 0.241 e. The molecule has 0 aliphatic carbocycles. The van der Waals surface area contributed by atoms with Crippen LogP contribution < -0.4 is 4.72 Å². The summed E-state index contributed by atoms with van der Waals surface area (Å²) in [5.74, 6) is 0. The maximum absolute atomic E-state index is 12.0. The molecule has 0 amide bonds. The Morgan fingerprint density at radius 1 is 1.05 bits per heavy atom. The van der Waals surface area contributed by atoms with Crippen molar-refractivity contribution in [2.75, 3.05) is 12.9 Å². The third kappa shape index (κ3) is 4.27. The van der Waals surface area contributed by atoms with E-state index < -0.39 is 25.4 Å². The number of sulfonamides is 1. The van der Waals surface area contributed by atoms with Gasteiger partial charge in [-0.3, -0.25) is 0 Å². The standard InChI is InChI=1S/C11H17NO5S2/c1-11(2,8-13)12-19(16,17)10-6-4-9(5-7-10)18(3,14)15/h4-7,12-13H,8H2,1-3H3. The highest BCUT2D eigenvalue weighted by Crippen LogP contribution is 2.16. The molecule has 0 aliphatic rings. The number of aliphatic hydroxyl groups is 1. The number of benzene rings is 1. The van der Waals surface area contributed by atoms with E-state index in [4.69, 9.17) is 5.11 Å². The minimum Gasteiger partial charge on any atom is -0.394 e. The van der Waals surface area contributed by atoms with Crippen molar-refractivity contribution in [1.82, 2.24) is 4.72 Å². The third-order valence-electron chi connectivity index (χ3n) is 2.37. The first-order valence-electron chi connectivity index (χ1n) is 5.43. The van der Waals surface area contributed by atoms with Gasteiger partial charge in [-0.2, -0.15) is 0 Å². The fraction of sp³-hybridized carbons (Fsp3) is 0.455. The Morgan fingerprint density at radius 3 is 1.84 bits per heavy atom. The summed E-state index contributed by atoms with van der Waals surface area (Å²) in [5.41, 5.74) is -0.992. The number of nitrogens with one attached hydrogen (secondary N) is 1. The van der Waals surface area contributed by atoms with Gasteiger partial charge >= 0.3 is 0 Å². The molecule has 1 aromatic carbocycles. The normalized spacial score (nSPS) is 13.5. The molecule has 108 valence electrons. The van der Waals surface area contributed by atoms with E-state index in [2.05, 4.69) is 4.72 Å². The fourth-order valence-electron chi connectivity index (χ4n) is 1.32. The Bertz CT molecular complexity index is 645. The van der Waals surface area contributed by atoms with Gasteiger partial charge in [0.2, 0.25) is 10.0 Å². The molecule has 0 spiro atoms. The highest BCUT2D eigenvalue weighted by atomic mass is 32.2. The molecule has 0 atom stereocenters. The zero-order valence-corrected chi connectivity index (χ0v) is 12.5. The molecule has 8 heteroatoms. The Balaban J connectivity index is 3.11. The van der Waals surface area contributed by atoms with Gasteiger partial charge in [0.25, 0.3) is 0 Å². The molecule has 0 aromatic heterocycles. The van der Waals surface area contributed by atoms with Crippen molar-refractivity contribution < 1.29 is 21.9 Å². The molecule has 0 fully saturated rings. The number of aliphatic hydroxyl groups excluding tert-OH is 1. The van der Waals surface area contributed by atoms with Crippen molar-refractivity contribution in [3.63, 3.8) is 0 Å². The lowest BCUT2D eigenvalue weighted by molar-refractivity contribution is 0.208. The van der Waals surface area contributed by atoms with Gasteiger partial charge in [0.1, 0.15) is 0 Å². The van der Waals surface area contributed by atoms with E-state index in [1.54, 1.807) is 0 Å². The van der Waals surface area contributed by atoms with Crippen LogP contribution in [0.5, 0.6) is 0 Å². The number of sulfone groups is 1. The highest BCUT2D eigenvalue weighted by molar-refractivity contribution is 7.90. The van der Waals surface area contributed by atoms with Gasteiger partial charge in [-0.15, -0.1) is 0 Å².